The Morgan fingerprint density at radius 3 is 2.62 bits per heavy atom. The molecule has 0 aromatic carbocycles. The molecule has 0 unspecified atom stereocenters. The van der Waals surface area contributed by atoms with Crippen LogP contribution in [0.25, 0.3) is 0 Å². The third kappa shape index (κ3) is 2.47. The normalized spacial score (nSPS) is 30.6. The maximum absolute atomic E-state index is 10.6. The van der Waals surface area contributed by atoms with Gasteiger partial charge in [-0.3, -0.25) is 0 Å². The van der Waals surface area contributed by atoms with E-state index in [4.69, 9.17) is 0 Å². The molecule has 1 aliphatic rings. The van der Waals surface area contributed by atoms with Gasteiger partial charge in [-0.2, -0.15) is 0 Å². The maximum Gasteiger partial charge on any atom is 0.0989 e. The third-order valence-corrected chi connectivity index (χ3v) is 4.70. The second-order valence-corrected chi connectivity index (χ2v) is 6.06. The number of thiophene rings is 1. The van der Waals surface area contributed by atoms with E-state index < -0.39 is 5.60 Å². The minimum absolute atomic E-state index is 0.551. The summed E-state index contributed by atoms with van der Waals surface area (Å²) in [6.07, 6.45) is 3.96. The summed E-state index contributed by atoms with van der Waals surface area (Å²) in [5.41, 5.74) is -0.551. The first-order chi connectivity index (χ1) is 7.64. The lowest BCUT2D eigenvalue weighted by Gasteiger charge is -2.35. The SMILES string of the molecule is CCNC1CCC(O)(c2ccc(C)s2)CC1. The van der Waals surface area contributed by atoms with E-state index >= 15 is 0 Å². The number of aryl methyl sites for hydroxylation is 1. The van der Waals surface area contributed by atoms with Gasteiger partial charge in [0.2, 0.25) is 0 Å². The maximum atomic E-state index is 10.6. The number of hydrogen-bond acceptors (Lipinski definition) is 3. The monoisotopic (exact) mass is 239 g/mol. The van der Waals surface area contributed by atoms with Crippen molar-refractivity contribution in [3.8, 4) is 0 Å². The van der Waals surface area contributed by atoms with Gasteiger partial charge in [-0.25, -0.2) is 0 Å². The fraction of sp³-hybridized carbons (Fsp3) is 0.692. The molecular weight excluding hydrogens is 218 g/mol. The third-order valence-electron chi connectivity index (χ3n) is 3.50. The zero-order valence-electron chi connectivity index (χ0n) is 10.1. The van der Waals surface area contributed by atoms with Crippen molar-refractivity contribution >= 4 is 11.3 Å². The molecule has 0 bridgehead atoms. The molecule has 1 aromatic heterocycles. The van der Waals surface area contributed by atoms with Crippen molar-refractivity contribution in [2.75, 3.05) is 6.54 Å². The Hall–Kier alpha value is -0.380. The van der Waals surface area contributed by atoms with Crippen molar-refractivity contribution in [3.05, 3.63) is 21.9 Å². The van der Waals surface area contributed by atoms with Gasteiger partial charge in [-0.1, -0.05) is 6.92 Å². The molecule has 2 nitrogen and oxygen atoms in total. The molecule has 0 aliphatic heterocycles. The van der Waals surface area contributed by atoms with Crippen LogP contribution in [0.1, 0.15) is 42.4 Å². The van der Waals surface area contributed by atoms with Crippen LogP contribution in [0.15, 0.2) is 12.1 Å². The second kappa shape index (κ2) is 4.86. The molecule has 1 saturated carbocycles. The molecule has 1 heterocycles. The van der Waals surface area contributed by atoms with E-state index in [1.54, 1.807) is 11.3 Å². The molecule has 2 N–H and O–H groups in total. The summed E-state index contributed by atoms with van der Waals surface area (Å²) >= 11 is 1.74. The van der Waals surface area contributed by atoms with E-state index in [0.717, 1.165) is 37.1 Å². The van der Waals surface area contributed by atoms with Crippen LogP contribution < -0.4 is 5.32 Å². The Morgan fingerprint density at radius 2 is 2.12 bits per heavy atom. The van der Waals surface area contributed by atoms with Crippen molar-refractivity contribution in [1.82, 2.24) is 5.32 Å². The Morgan fingerprint density at radius 1 is 1.44 bits per heavy atom. The summed E-state index contributed by atoms with van der Waals surface area (Å²) in [5.74, 6) is 0. The zero-order valence-corrected chi connectivity index (χ0v) is 10.9. The van der Waals surface area contributed by atoms with E-state index in [9.17, 15) is 5.11 Å². The molecule has 3 heteroatoms. The highest BCUT2D eigenvalue weighted by atomic mass is 32.1. The quantitative estimate of drug-likeness (QED) is 0.850. The number of hydrogen-bond donors (Lipinski definition) is 2. The molecule has 0 atom stereocenters. The van der Waals surface area contributed by atoms with Crippen LogP contribution in [0, 0.1) is 6.92 Å². The van der Waals surface area contributed by atoms with Crippen LogP contribution in [0.4, 0.5) is 0 Å². The van der Waals surface area contributed by atoms with Crippen molar-refractivity contribution < 1.29 is 5.11 Å². The molecule has 2 rings (SSSR count). The molecule has 1 aromatic rings. The van der Waals surface area contributed by atoms with Gasteiger partial charge in [0.15, 0.2) is 0 Å². The van der Waals surface area contributed by atoms with Crippen LogP contribution in [0.3, 0.4) is 0 Å². The van der Waals surface area contributed by atoms with Crippen molar-refractivity contribution in [2.24, 2.45) is 0 Å². The Labute approximate surface area is 102 Å². The average Bonchev–Trinajstić information content (AvgIpc) is 2.70. The van der Waals surface area contributed by atoms with Crippen LogP contribution in [-0.4, -0.2) is 17.7 Å². The Bertz CT molecular complexity index is 339. The standard InChI is InChI=1S/C13H21NOS/c1-3-14-11-6-8-13(15,9-7-11)12-5-4-10(2)16-12/h4-5,11,14-15H,3,6-9H2,1-2H3. The summed E-state index contributed by atoms with van der Waals surface area (Å²) in [7, 11) is 0. The van der Waals surface area contributed by atoms with Crippen LogP contribution >= 0.6 is 11.3 Å². The van der Waals surface area contributed by atoms with Gasteiger partial charge >= 0.3 is 0 Å². The first kappa shape index (κ1) is 12.1. The number of aliphatic hydroxyl groups is 1. The fourth-order valence-electron chi connectivity index (χ4n) is 2.52. The highest BCUT2D eigenvalue weighted by Crippen LogP contribution is 2.40. The lowest BCUT2D eigenvalue weighted by atomic mass is 9.81. The van der Waals surface area contributed by atoms with Crippen LogP contribution in [-0.2, 0) is 5.60 Å². The summed E-state index contributed by atoms with van der Waals surface area (Å²) in [4.78, 5) is 2.44. The number of nitrogens with one attached hydrogen (secondary N) is 1. The van der Waals surface area contributed by atoms with Gasteiger partial charge < -0.3 is 10.4 Å². The lowest BCUT2D eigenvalue weighted by Crippen LogP contribution is -2.39. The minimum Gasteiger partial charge on any atom is -0.384 e. The highest BCUT2D eigenvalue weighted by molar-refractivity contribution is 7.12. The molecule has 1 fully saturated rings. The summed E-state index contributed by atoms with van der Waals surface area (Å²) in [6.45, 7) is 5.27. The fourth-order valence-corrected chi connectivity index (χ4v) is 3.53. The molecule has 1 aliphatic carbocycles. The molecule has 0 saturated heterocycles. The number of rotatable bonds is 3. The molecular formula is C13H21NOS. The summed E-state index contributed by atoms with van der Waals surface area (Å²) in [5, 5.41) is 14.1. The molecule has 0 spiro atoms. The second-order valence-electron chi connectivity index (χ2n) is 4.77. The van der Waals surface area contributed by atoms with Gasteiger partial charge in [0.05, 0.1) is 5.60 Å². The predicted octanol–water partition coefficient (Wildman–Crippen LogP) is 2.80. The van der Waals surface area contributed by atoms with E-state index in [2.05, 4.69) is 31.3 Å². The van der Waals surface area contributed by atoms with E-state index in [1.165, 1.54) is 4.88 Å². The largest absolute Gasteiger partial charge is 0.384 e. The minimum atomic E-state index is -0.551. The van der Waals surface area contributed by atoms with Crippen LogP contribution in [0.5, 0.6) is 0 Å². The van der Waals surface area contributed by atoms with E-state index in [1.807, 2.05) is 0 Å². The molecule has 16 heavy (non-hydrogen) atoms. The highest BCUT2D eigenvalue weighted by Gasteiger charge is 2.35. The zero-order chi connectivity index (χ0) is 11.6. The van der Waals surface area contributed by atoms with Crippen molar-refractivity contribution in [2.45, 2.75) is 51.2 Å². The Balaban J connectivity index is 2.01. The van der Waals surface area contributed by atoms with Crippen molar-refractivity contribution in [1.29, 1.82) is 0 Å². The van der Waals surface area contributed by atoms with Gasteiger partial charge in [0.1, 0.15) is 0 Å². The van der Waals surface area contributed by atoms with Gasteiger partial charge in [0.25, 0.3) is 0 Å². The average molecular weight is 239 g/mol. The summed E-state index contributed by atoms with van der Waals surface area (Å²) in [6, 6.07) is 4.80. The first-order valence-electron chi connectivity index (χ1n) is 6.17. The molecule has 0 radical (unpaired) electrons. The predicted molar refractivity (Wildman–Crippen MR) is 68.9 cm³/mol. The van der Waals surface area contributed by atoms with E-state index in [0.29, 0.717) is 6.04 Å². The van der Waals surface area contributed by atoms with E-state index in [-0.39, 0.29) is 0 Å². The van der Waals surface area contributed by atoms with Gasteiger partial charge in [0, 0.05) is 15.8 Å². The smallest absolute Gasteiger partial charge is 0.0989 e. The van der Waals surface area contributed by atoms with Gasteiger partial charge in [-0.15, -0.1) is 11.3 Å². The molecule has 0 amide bonds. The first-order valence-corrected chi connectivity index (χ1v) is 6.98. The van der Waals surface area contributed by atoms with Crippen molar-refractivity contribution in [3.63, 3.8) is 0 Å². The lowest BCUT2D eigenvalue weighted by molar-refractivity contribution is -0.00483. The van der Waals surface area contributed by atoms with Crippen LogP contribution in [0.2, 0.25) is 0 Å². The van der Waals surface area contributed by atoms with Gasteiger partial charge in [-0.05, 0) is 51.3 Å². The molecule has 90 valence electrons. The Kier molecular flexibility index (Phi) is 3.67. The summed E-state index contributed by atoms with van der Waals surface area (Å²) < 4.78 is 0. The topological polar surface area (TPSA) is 32.3 Å².